The molecule has 0 bridgehead atoms. The van der Waals surface area contributed by atoms with Crippen LogP contribution in [0.15, 0.2) is 47.4 Å². The summed E-state index contributed by atoms with van der Waals surface area (Å²) in [6, 6.07) is 14.3. The van der Waals surface area contributed by atoms with Gasteiger partial charge in [-0.3, -0.25) is 0 Å². The summed E-state index contributed by atoms with van der Waals surface area (Å²) in [7, 11) is 0. The van der Waals surface area contributed by atoms with Gasteiger partial charge in [0, 0.05) is 10.5 Å². The number of benzene rings is 2. The number of aliphatic carboxylic acids is 1. The minimum atomic E-state index is -1.27. The van der Waals surface area contributed by atoms with Crippen LogP contribution in [-0.2, 0) is 17.0 Å². The summed E-state index contributed by atoms with van der Waals surface area (Å²) in [5, 5.41) is 10.2. The van der Waals surface area contributed by atoms with Crippen molar-refractivity contribution in [3.8, 4) is 17.1 Å². The number of nitrogens with zero attached hydrogens (tertiary/aromatic N) is 2. The van der Waals surface area contributed by atoms with Crippen LogP contribution >= 0.6 is 23.3 Å². The van der Waals surface area contributed by atoms with E-state index in [0.29, 0.717) is 5.75 Å². The summed E-state index contributed by atoms with van der Waals surface area (Å²) in [4.78, 5) is 17.1. The SMILES string of the molecule is CCCCc1ccc(-c2nsc(CSc3ccc(OC(C)(C)C(=O)O)c(C)c3)n2)cc1. The second-order valence-electron chi connectivity index (χ2n) is 7.95. The highest BCUT2D eigenvalue weighted by molar-refractivity contribution is 7.98. The molecule has 1 N–H and O–H groups in total. The third-order valence-electron chi connectivity index (χ3n) is 4.89. The van der Waals surface area contributed by atoms with E-state index in [2.05, 4.69) is 35.6 Å². The average Bonchev–Trinajstić information content (AvgIpc) is 3.22. The largest absolute Gasteiger partial charge is 0.478 e. The molecule has 0 aliphatic rings. The highest BCUT2D eigenvalue weighted by Gasteiger charge is 2.29. The van der Waals surface area contributed by atoms with E-state index in [4.69, 9.17) is 9.72 Å². The summed E-state index contributed by atoms with van der Waals surface area (Å²) >= 11 is 3.11. The van der Waals surface area contributed by atoms with E-state index in [1.54, 1.807) is 25.6 Å². The van der Waals surface area contributed by atoms with Gasteiger partial charge in [0.1, 0.15) is 10.8 Å². The highest BCUT2D eigenvalue weighted by atomic mass is 32.2. The topological polar surface area (TPSA) is 72.3 Å². The molecule has 1 heterocycles. The van der Waals surface area contributed by atoms with Gasteiger partial charge in [0.05, 0.1) is 5.75 Å². The van der Waals surface area contributed by atoms with Gasteiger partial charge in [0.15, 0.2) is 11.4 Å². The number of unbranched alkanes of at least 4 members (excludes halogenated alkanes) is 1. The number of hydrogen-bond donors (Lipinski definition) is 1. The zero-order chi connectivity index (χ0) is 22.4. The van der Waals surface area contributed by atoms with Crippen LogP contribution in [0.5, 0.6) is 5.75 Å². The number of aryl methyl sites for hydroxylation is 2. The Balaban J connectivity index is 1.60. The zero-order valence-corrected chi connectivity index (χ0v) is 20.0. The standard InChI is InChI=1S/C24H28N2O3S2/c1-5-6-7-17-8-10-18(11-9-17)22-25-21(31-26-22)15-30-19-12-13-20(16(2)14-19)29-24(3,4)23(27)28/h8-14H,5-7,15H2,1-4H3,(H,27,28). The lowest BCUT2D eigenvalue weighted by Crippen LogP contribution is -2.38. The number of rotatable bonds is 10. The summed E-state index contributed by atoms with van der Waals surface area (Å²) < 4.78 is 10.2. The maximum atomic E-state index is 11.3. The molecule has 1 aromatic heterocycles. The van der Waals surface area contributed by atoms with Crippen LogP contribution in [0, 0.1) is 6.92 Å². The quantitative estimate of drug-likeness (QED) is 0.356. The Morgan fingerprint density at radius 3 is 2.58 bits per heavy atom. The van der Waals surface area contributed by atoms with Crippen molar-refractivity contribution in [3.05, 3.63) is 58.6 Å². The van der Waals surface area contributed by atoms with E-state index in [-0.39, 0.29) is 0 Å². The van der Waals surface area contributed by atoms with E-state index < -0.39 is 11.6 Å². The lowest BCUT2D eigenvalue weighted by atomic mass is 10.1. The Labute approximate surface area is 192 Å². The molecule has 0 fully saturated rings. The van der Waals surface area contributed by atoms with Crippen molar-refractivity contribution in [1.29, 1.82) is 0 Å². The fourth-order valence-corrected chi connectivity index (χ4v) is 4.55. The Hall–Kier alpha value is -2.38. The zero-order valence-electron chi connectivity index (χ0n) is 18.3. The molecule has 0 unspecified atom stereocenters. The van der Waals surface area contributed by atoms with E-state index in [9.17, 15) is 9.90 Å². The molecule has 0 saturated heterocycles. The van der Waals surface area contributed by atoms with Crippen molar-refractivity contribution >= 4 is 29.3 Å². The molecular weight excluding hydrogens is 428 g/mol. The fourth-order valence-electron chi connectivity index (χ4n) is 2.92. The van der Waals surface area contributed by atoms with Crippen LogP contribution in [0.25, 0.3) is 11.4 Å². The van der Waals surface area contributed by atoms with Crippen LogP contribution < -0.4 is 4.74 Å². The van der Waals surface area contributed by atoms with Gasteiger partial charge in [-0.1, -0.05) is 37.6 Å². The van der Waals surface area contributed by atoms with Gasteiger partial charge in [0.2, 0.25) is 0 Å². The smallest absolute Gasteiger partial charge is 0.347 e. The Kier molecular flexibility index (Phi) is 7.73. The minimum absolute atomic E-state index is 0.581. The summed E-state index contributed by atoms with van der Waals surface area (Å²) in [5.41, 5.74) is 2.04. The van der Waals surface area contributed by atoms with Gasteiger partial charge in [0.25, 0.3) is 0 Å². The van der Waals surface area contributed by atoms with Crippen molar-refractivity contribution in [2.24, 2.45) is 0 Å². The first kappa shape index (κ1) is 23.3. The van der Waals surface area contributed by atoms with Crippen molar-refractivity contribution in [1.82, 2.24) is 9.36 Å². The average molecular weight is 457 g/mol. The number of ether oxygens (including phenoxy) is 1. The molecule has 0 spiro atoms. The van der Waals surface area contributed by atoms with E-state index in [1.165, 1.54) is 29.9 Å². The van der Waals surface area contributed by atoms with Crippen LogP contribution in [0.1, 0.15) is 49.7 Å². The molecule has 3 aromatic rings. The third kappa shape index (κ3) is 6.31. The van der Waals surface area contributed by atoms with Crippen LogP contribution in [0.4, 0.5) is 0 Å². The first-order chi connectivity index (χ1) is 14.8. The molecule has 0 saturated carbocycles. The number of carboxylic acids is 1. The number of aromatic nitrogens is 2. The molecule has 7 heteroatoms. The lowest BCUT2D eigenvalue weighted by Gasteiger charge is -2.22. The molecule has 0 atom stereocenters. The summed E-state index contributed by atoms with van der Waals surface area (Å²) in [6.07, 6.45) is 3.52. The molecule has 31 heavy (non-hydrogen) atoms. The molecule has 0 aliphatic heterocycles. The maximum Gasteiger partial charge on any atom is 0.347 e. The molecule has 2 aromatic carbocycles. The van der Waals surface area contributed by atoms with Gasteiger partial charge in [-0.05, 0) is 74.5 Å². The first-order valence-electron chi connectivity index (χ1n) is 10.4. The first-order valence-corrected chi connectivity index (χ1v) is 12.1. The maximum absolute atomic E-state index is 11.3. The van der Waals surface area contributed by atoms with E-state index in [0.717, 1.165) is 39.0 Å². The summed E-state index contributed by atoms with van der Waals surface area (Å²) in [5.74, 6) is 1.09. The molecule has 3 rings (SSSR count). The van der Waals surface area contributed by atoms with Crippen molar-refractivity contribution in [2.75, 3.05) is 0 Å². The Morgan fingerprint density at radius 2 is 1.94 bits per heavy atom. The second-order valence-corrected chi connectivity index (χ2v) is 9.83. The van der Waals surface area contributed by atoms with Gasteiger partial charge in [-0.25, -0.2) is 9.78 Å². The van der Waals surface area contributed by atoms with E-state index in [1.807, 2.05) is 25.1 Å². The van der Waals surface area contributed by atoms with Gasteiger partial charge in [-0.15, -0.1) is 11.8 Å². The number of carbonyl (C=O) groups is 1. The third-order valence-corrected chi connectivity index (χ3v) is 6.79. The Bertz CT molecular complexity index is 1030. The van der Waals surface area contributed by atoms with Crippen LogP contribution in [0.3, 0.4) is 0 Å². The fraction of sp³-hybridized carbons (Fsp3) is 0.375. The molecule has 0 aliphatic carbocycles. The van der Waals surface area contributed by atoms with Gasteiger partial charge in [-0.2, -0.15) is 4.37 Å². The minimum Gasteiger partial charge on any atom is -0.478 e. The Morgan fingerprint density at radius 1 is 1.19 bits per heavy atom. The van der Waals surface area contributed by atoms with Crippen molar-refractivity contribution in [3.63, 3.8) is 0 Å². The molecule has 5 nitrogen and oxygen atoms in total. The van der Waals surface area contributed by atoms with Crippen LogP contribution in [-0.4, -0.2) is 26.0 Å². The highest BCUT2D eigenvalue weighted by Crippen LogP contribution is 2.31. The van der Waals surface area contributed by atoms with Crippen LogP contribution in [0.2, 0.25) is 0 Å². The van der Waals surface area contributed by atoms with Gasteiger partial charge >= 0.3 is 5.97 Å². The van der Waals surface area contributed by atoms with Gasteiger partial charge < -0.3 is 9.84 Å². The predicted octanol–water partition coefficient (Wildman–Crippen LogP) is 6.39. The van der Waals surface area contributed by atoms with Crippen molar-refractivity contribution in [2.45, 2.75) is 63.2 Å². The predicted molar refractivity (Wildman–Crippen MR) is 127 cm³/mol. The molecule has 0 radical (unpaired) electrons. The molecule has 0 amide bonds. The monoisotopic (exact) mass is 456 g/mol. The number of carboxylic acid groups (broad SMARTS) is 1. The molecular formula is C24H28N2O3S2. The number of hydrogen-bond acceptors (Lipinski definition) is 6. The van der Waals surface area contributed by atoms with E-state index >= 15 is 0 Å². The number of thioether (sulfide) groups is 1. The van der Waals surface area contributed by atoms with Crippen molar-refractivity contribution < 1.29 is 14.6 Å². The second kappa shape index (κ2) is 10.3. The lowest BCUT2D eigenvalue weighted by molar-refractivity contribution is -0.152. The molecule has 164 valence electrons. The summed E-state index contributed by atoms with van der Waals surface area (Å²) in [6.45, 7) is 7.22. The normalized spacial score (nSPS) is 11.5.